The molecule has 1 aromatic rings. The van der Waals surface area contributed by atoms with Gasteiger partial charge in [0.1, 0.15) is 11.4 Å². The Labute approximate surface area is 94.0 Å². The fraction of sp³-hybridized carbons (Fsp3) is 0.455. The summed E-state index contributed by atoms with van der Waals surface area (Å²) >= 11 is 11.9. The van der Waals surface area contributed by atoms with E-state index in [-0.39, 0.29) is 5.60 Å². The van der Waals surface area contributed by atoms with Crippen molar-refractivity contribution in [1.29, 1.82) is 0 Å². The van der Waals surface area contributed by atoms with Crippen molar-refractivity contribution in [1.82, 2.24) is 0 Å². The number of hydrogen-bond acceptors (Lipinski definition) is 1. The lowest BCUT2D eigenvalue weighted by Gasteiger charge is -2.16. The van der Waals surface area contributed by atoms with E-state index < -0.39 is 0 Å². The van der Waals surface area contributed by atoms with E-state index in [1.165, 1.54) is 0 Å². The number of ether oxygens (including phenoxy) is 1. The standard InChI is InChI=1S/C11H12Cl2O/c1-8-2-3-10(9(13)6-8)14-11(7-12)4-5-11/h2-3,6H,4-5,7H2,1H3. The molecule has 1 aliphatic carbocycles. The fourth-order valence-corrected chi connectivity index (χ4v) is 1.92. The van der Waals surface area contributed by atoms with Crippen LogP contribution in [0.2, 0.25) is 5.02 Å². The molecule has 0 atom stereocenters. The molecular weight excluding hydrogens is 219 g/mol. The molecule has 0 heterocycles. The predicted octanol–water partition coefficient (Wildman–Crippen LogP) is 3.80. The van der Waals surface area contributed by atoms with E-state index in [0.29, 0.717) is 10.9 Å². The highest BCUT2D eigenvalue weighted by Crippen LogP contribution is 2.42. The monoisotopic (exact) mass is 230 g/mol. The van der Waals surface area contributed by atoms with Gasteiger partial charge < -0.3 is 4.74 Å². The van der Waals surface area contributed by atoms with Crippen LogP contribution in [0.5, 0.6) is 5.75 Å². The van der Waals surface area contributed by atoms with Crippen molar-refractivity contribution in [3.8, 4) is 5.75 Å². The molecule has 0 radical (unpaired) electrons. The zero-order chi connectivity index (χ0) is 10.2. The van der Waals surface area contributed by atoms with Crippen molar-refractivity contribution < 1.29 is 4.74 Å². The molecule has 3 heteroatoms. The number of rotatable bonds is 3. The molecular formula is C11H12Cl2O. The second-order valence-corrected chi connectivity index (χ2v) is 4.53. The first-order chi connectivity index (χ1) is 6.65. The number of benzene rings is 1. The maximum Gasteiger partial charge on any atom is 0.138 e. The zero-order valence-electron chi connectivity index (χ0n) is 8.02. The Balaban J connectivity index is 2.17. The third kappa shape index (κ3) is 1.99. The van der Waals surface area contributed by atoms with Crippen LogP contribution < -0.4 is 4.74 Å². The van der Waals surface area contributed by atoms with Gasteiger partial charge in [-0.1, -0.05) is 17.7 Å². The van der Waals surface area contributed by atoms with Crippen LogP contribution in [-0.4, -0.2) is 11.5 Å². The Hall–Kier alpha value is -0.400. The minimum Gasteiger partial charge on any atom is -0.484 e. The molecule has 0 aliphatic heterocycles. The predicted molar refractivity (Wildman–Crippen MR) is 59.5 cm³/mol. The number of halogens is 2. The van der Waals surface area contributed by atoms with E-state index in [4.69, 9.17) is 27.9 Å². The first-order valence-corrected chi connectivity index (χ1v) is 5.58. The van der Waals surface area contributed by atoms with Gasteiger partial charge in [0.15, 0.2) is 0 Å². The second kappa shape index (κ2) is 3.63. The largest absolute Gasteiger partial charge is 0.484 e. The third-order valence-corrected chi connectivity index (χ3v) is 3.25. The van der Waals surface area contributed by atoms with Gasteiger partial charge >= 0.3 is 0 Å². The van der Waals surface area contributed by atoms with Gasteiger partial charge in [0.05, 0.1) is 10.9 Å². The van der Waals surface area contributed by atoms with Gasteiger partial charge in [-0.2, -0.15) is 0 Å². The van der Waals surface area contributed by atoms with Crippen LogP contribution >= 0.6 is 23.2 Å². The average Bonchev–Trinajstić information content (AvgIpc) is 2.91. The zero-order valence-corrected chi connectivity index (χ0v) is 9.53. The molecule has 2 rings (SSSR count). The van der Waals surface area contributed by atoms with Crippen LogP contribution in [0.3, 0.4) is 0 Å². The van der Waals surface area contributed by atoms with Crippen molar-refractivity contribution >= 4 is 23.2 Å². The van der Waals surface area contributed by atoms with Gasteiger partial charge in [-0.25, -0.2) is 0 Å². The van der Waals surface area contributed by atoms with Crippen molar-refractivity contribution in [2.45, 2.75) is 25.4 Å². The average molecular weight is 231 g/mol. The topological polar surface area (TPSA) is 9.23 Å². The molecule has 1 aliphatic rings. The molecule has 1 fully saturated rings. The Morgan fingerprint density at radius 3 is 2.64 bits per heavy atom. The van der Waals surface area contributed by atoms with E-state index in [2.05, 4.69) is 0 Å². The van der Waals surface area contributed by atoms with Gasteiger partial charge in [0, 0.05) is 0 Å². The van der Waals surface area contributed by atoms with Crippen LogP contribution in [-0.2, 0) is 0 Å². The van der Waals surface area contributed by atoms with E-state index in [1.807, 2.05) is 25.1 Å². The minimum absolute atomic E-state index is 0.138. The highest BCUT2D eigenvalue weighted by molar-refractivity contribution is 6.32. The lowest BCUT2D eigenvalue weighted by atomic mass is 10.2. The molecule has 0 saturated heterocycles. The number of hydrogen-bond donors (Lipinski definition) is 0. The molecule has 0 N–H and O–H groups in total. The van der Waals surface area contributed by atoms with Crippen LogP contribution in [0.25, 0.3) is 0 Å². The van der Waals surface area contributed by atoms with Crippen molar-refractivity contribution in [2.24, 2.45) is 0 Å². The van der Waals surface area contributed by atoms with Crippen LogP contribution in [0, 0.1) is 6.92 Å². The van der Waals surface area contributed by atoms with E-state index in [9.17, 15) is 0 Å². The number of aryl methyl sites for hydroxylation is 1. The molecule has 1 nitrogen and oxygen atoms in total. The van der Waals surface area contributed by atoms with Crippen LogP contribution in [0.4, 0.5) is 0 Å². The normalized spacial score (nSPS) is 17.9. The van der Waals surface area contributed by atoms with Gasteiger partial charge in [0.25, 0.3) is 0 Å². The summed E-state index contributed by atoms with van der Waals surface area (Å²) in [6.45, 7) is 2.00. The lowest BCUT2D eigenvalue weighted by Crippen LogP contribution is -2.19. The molecule has 0 spiro atoms. The molecule has 1 aromatic carbocycles. The highest BCUT2D eigenvalue weighted by Gasteiger charge is 2.45. The van der Waals surface area contributed by atoms with Crippen molar-refractivity contribution in [3.63, 3.8) is 0 Å². The summed E-state index contributed by atoms with van der Waals surface area (Å²) in [6.07, 6.45) is 2.06. The summed E-state index contributed by atoms with van der Waals surface area (Å²) < 4.78 is 5.78. The highest BCUT2D eigenvalue weighted by atomic mass is 35.5. The van der Waals surface area contributed by atoms with Crippen LogP contribution in [0.15, 0.2) is 18.2 Å². The van der Waals surface area contributed by atoms with E-state index in [0.717, 1.165) is 24.2 Å². The minimum atomic E-state index is -0.138. The first kappa shape index (κ1) is 10.1. The summed E-state index contributed by atoms with van der Waals surface area (Å²) in [5.74, 6) is 1.28. The Morgan fingerprint density at radius 1 is 1.43 bits per heavy atom. The molecule has 14 heavy (non-hydrogen) atoms. The summed E-state index contributed by atoms with van der Waals surface area (Å²) in [5.41, 5.74) is 0.999. The first-order valence-electron chi connectivity index (χ1n) is 4.66. The molecule has 1 saturated carbocycles. The smallest absolute Gasteiger partial charge is 0.138 e. The van der Waals surface area contributed by atoms with Crippen LogP contribution in [0.1, 0.15) is 18.4 Å². The number of alkyl halides is 1. The quantitative estimate of drug-likeness (QED) is 0.719. The summed E-state index contributed by atoms with van der Waals surface area (Å²) in [7, 11) is 0. The van der Waals surface area contributed by atoms with Crippen molar-refractivity contribution in [2.75, 3.05) is 5.88 Å². The maximum absolute atomic E-state index is 6.05. The second-order valence-electron chi connectivity index (χ2n) is 3.85. The maximum atomic E-state index is 6.05. The van der Waals surface area contributed by atoms with Crippen molar-refractivity contribution in [3.05, 3.63) is 28.8 Å². The molecule has 0 amide bonds. The van der Waals surface area contributed by atoms with E-state index in [1.54, 1.807) is 0 Å². The molecule has 76 valence electrons. The van der Waals surface area contributed by atoms with Gasteiger partial charge in [-0.05, 0) is 37.5 Å². The SMILES string of the molecule is Cc1ccc(OC2(CCl)CC2)c(Cl)c1. The van der Waals surface area contributed by atoms with E-state index >= 15 is 0 Å². The fourth-order valence-electron chi connectivity index (χ4n) is 1.32. The van der Waals surface area contributed by atoms with Gasteiger partial charge in [0.2, 0.25) is 0 Å². The molecule has 0 bridgehead atoms. The van der Waals surface area contributed by atoms with Gasteiger partial charge in [-0.15, -0.1) is 11.6 Å². The summed E-state index contributed by atoms with van der Waals surface area (Å²) in [6, 6.07) is 5.80. The summed E-state index contributed by atoms with van der Waals surface area (Å²) in [4.78, 5) is 0. The molecule has 0 unspecified atom stereocenters. The Kier molecular flexibility index (Phi) is 2.63. The Bertz CT molecular complexity index is 345. The summed E-state index contributed by atoms with van der Waals surface area (Å²) in [5, 5.41) is 0.668. The lowest BCUT2D eigenvalue weighted by molar-refractivity contribution is 0.204. The van der Waals surface area contributed by atoms with Gasteiger partial charge in [-0.3, -0.25) is 0 Å². The Morgan fingerprint density at radius 2 is 2.14 bits per heavy atom. The third-order valence-electron chi connectivity index (χ3n) is 2.47. The molecule has 0 aromatic heterocycles.